The molecule has 0 amide bonds. The lowest BCUT2D eigenvalue weighted by Gasteiger charge is -2.37. The smallest absolute Gasteiger partial charge is 0.258 e. The Hall–Kier alpha value is -3.77. The molecule has 182 valence electrons. The highest BCUT2D eigenvalue weighted by atomic mass is 32.1. The minimum Gasteiger partial charge on any atom is -0.351 e. The Morgan fingerprint density at radius 2 is 1.64 bits per heavy atom. The molecule has 6 heteroatoms. The molecular weight excluding hydrogens is 464 g/mol. The number of thiocarbonyl (C=S) groups is 1. The van der Waals surface area contributed by atoms with Crippen LogP contribution in [0.1, 0.15) is 53.6 Å². The monoisotopic (exact) mass is 494 g/mol. The number of hydrogen-bond donors (Lipinski definition) is 1. The minimum absolute atomic E-state index is 0.211. The number of nitrogens with one attached hydrogen (secondary N) is 1. The van der Waals surface area contributed by atoms with Crippen LogP contribution in [0.25, 0.3) is 17.0 Å². The second-order valence-corrected chi connectivity index (χ2v) is 9.76. The Bertz CT molecular complexity index is 1450. The van der Waals surface area contributed by atoms with Gasteiger partial charge < -0.3 is 9.84 Å². The molecule has 36 heavy (non-hydrogen) atoms. The largest absolute Gasteiger partial charge is 0.351 e. The molecule has 1 aromatic heterocycles. The average Bonchev–Trinajstić information content (AvgIpc) is 3.36. The Balaban J connectivity index is 1.65. The van der Waals surface area contributed by atoms with Gasteiger partial charge in [-0.25, -0.2) is 0 Å². The lowest BCUT2D eigenvalue weighted by Crippen LogP contribution is -2.46. The maximum absolute atomic E-state index is 5.90. The van der Waals surface area contributed by atoms with E-state index in [-0.39, 0.29) is 6.04 Å². The number of hydrogen-bond acceptors (Lipinski definition) is 4. The van der Waals surface area contributed by atoms with Crippen LogP contribution in [0.15, 0.2) is 77.0 Å². The molecule has 0 bridgehead atoms. The number of nitrogens with zero attached hydrogens (tertiary/aromatic N) is 3. The predicted octanol–water partition coefficient (Wildman–Crippen LogP) is 7.09. The van der Waals surface area contributed by atoms with Gasteiger partial charge in [-0.15, -0.1) is 0 Å². The first-order valence-corrected chi connectivity index (χ1v) is 12.6. The van der Waals surface area contributed by atoms with E-state index in [0.29, 0.717) is 16.8 Å². The quantitative estimate of drug-likeness (QED) is 0.299. The second-order valence-electron chi connectivity index (χ2n) is 9.37. The molecule has 4 aromatic rings. The number of anilines is 1. The van der Waals surface area contributed by atoms with Crippen molar-refractivity contribution in [3.63, 3.8) is 0 Å². The maximum atomic E-state index is 5.90. The zero-order chi connectivity index (χ0) is 25.4. The summed E-state index contributed by atoms with van der Waals surface area (Å²) in [4.78, 5) is 6.89. The summed E-state index contributed by atoms with van der Waals surface area (Å²) in [6, 6.07) is 22.9. The SMILES string of the molecule is CCc1ccc(C2NC(=S)N(c3ccc(C)c(C)c3)C(C)=C2c2nc(-c3ccc(C)cc3)no2)cc1. The first-order chi connectivity index (χ1) is 17.4. The van der Waals surface area contributed by atoms with Gasteiger partial charge in [-0.2, -0.15) is 4.98 Å². The molecule has 0 aliphatic carbocycles. The van der Waals surface area contributed by atoms with E-state index in [9.17, 15) is 0 Å². The number of aromatic nitrogens is 2. The first kappa shape index (κ1) is 23.9. The highest BCUT2D eigenvalue weighted by Gasteiger charge is 2.34. The van der Waals surface area contributed by atoms with Crippen LogP contribution in [0.5, 0.6) is 0 Å². The first-order valence-electron chi connectivity index (χ1n) is 12.2. The molecule has 1 N–H and O–H groups in total. The van der Waals surface area contributed by atoms with Gasteiger partial charge in [0.2, 0.25) is 5.82 Å². The zero-order valence-electron chi connectivity index (χ0n) is 21.3. The summed E-state index contributed by atoms with van der Waals surface area (Å²) in [5.74, 6) is 1.05. The maximum Gasteiger partial charge on any atom is 0.258 e. The van der Waals surface area contributed by atoms with Crippen LogP contribution >= 0.6 is 12.2 Å². The molecule has 0 spiro atoms. The van der Waals surface area contributed by atoms with Crippen LogP contribution in [0.4, 0.5) is 5.69 Å². The number of aryl methyl sites for hydroxylation is 4. The van der Waals surface area contributed by atoms with E-state index >= 15 is 0 Å². The van der Waals surface area contributed by atoms with Gasteiger partial charge in [0, 0.05) is 16.9 Å². The van der Waals surface area contributed by atoms with Crippen LogP contribution < -0.4 is 10.2 Å². The van der Waals surface area contributed by atoms with Crippen molar-refractivity contribution in [1.82, 2.24) is 15.5 Å². The molecule has 0 radical (unpaired) electrons. The van der Waals surface area contributed by atoms with Gasteiger partial charge in [-0.05, 0) is 80.7 Å². The summed E-state index contributed by atoms with van der Waals surface area (Å²) in [5.41, 5.74) is 9.82. The standard InChI is InChI=1S/C30H30N4OS/c1-6-22-10-14-23(15-11-22)27-26(29-32-28(33-35-29)24-12-7-18(2)8-13-24)21(5)34(30(36)31-27)25-16-9-19(3)20(4)17-25/h7-17,27H,6H2,1-5H3,(H,31,36). The van der Waals surface area contributed by atoms with E-state index in [2.05, 4.69) is 105 Å². The van der Waals surface area contributed by atoms with Crippen molar-refractivity contribution in [3.8, 4) is 11.4 Å². The van der Waals surface area contributed by atoms with E-state index < -0.39 is 0 Å². The van der Waals surface area contributed by atoms with Crippen molar-refractivity contribution in [2.45, 2.75) is 47.1 Å². The highest BCUT2D eigenvalue weighted by molar-refractivity contribution is 7.80. The normalized spacial score (nSPS) is 15.9. The molecule has 1 unspecified atom stereocenters. The van der Waals surface area contributed by atoms with Crippen molar-refractivity contribution in [3.05, 3.63) is 106 Å². The van der Waals surface area contributed by atoms with E-state index in [4.69, 9.17) is 21.7 Å². The third-order valence-corrected chi connectivity index (χ3v) is 7.22. The second kappa shape index (κ2) is 9.70. The summed E-state index contributed by atoms with van der Waals surface area (Å²) in [7, 11) is 0. The van der Waals surface area contributed by atoms with Crippen LogP contribution in [0.2, 0.25) is 0 Å². The average molecular weight is 495 g/mol. The Labute approximate surface area is 217 Å². The fraction of sp³-hybridized carbons (Fsp3) is 0.233. The summed E-state index contributed by atoms with van der Waals surface area (Å²) in [6.45, 7) is 10.5. The Kier molecular flexibility index (Phi) is 6.46. The minimum atomic E-state index is -0.211. The fourth-order valence-corrected chi connectivity index (χ4v) is 4.90. The van der Waals surface area contributed by atoms with Crippen molar-refractivity contribution in [2.75, 3.05) is 4.90 Å². The lowest BCUT2D eigenvalue weighted by molar-refractivity contribution is 0.404. The number of allylic oxidation sites excluding steroid dienone is 1. The van der Waals surface area contributed by atoms with Crippen molar-refractivity contribution < 1.29 is 4.52 Å². The third kappa shape index (κ3) is 4.44. The molecule has 1 aliphatic heterocycles. The summed E-state index contributed by atoms with van der Waals surface area (Å²) in [6.07, 6.45) is 0.989. The molecule has 2 heterocycles. The van der Waals surface area contributed by atoms with E-state index in [1.54, 1.807) is 0 Å². The van der Waals surface area contributed by atoms with Crippen LogP contribution in [-0.2, 0) is 6.42 Å². The molecule has 0 saturated carbocycles. The molecule has 5 nitrogen and oxygen atoms in total. The van der Waals surface area contributed by atoms with Crippen molar-refractivity contribution in [2.24, 2.45) is 0 Å². The topological polar surface area (TPSA) is 54.2 Å². The molecule has 1 aliphatic rings. The van der Waals surface area contributed by atoms with Gasteiger partial charge in [0.05, 0.1) is 11.6 Å². The van der Waals surface area contributed by atoms with Crippen molar-refractivity contribution in [1.29, 1.82) is 0 Å². The Morgan fingerprint density at radius 1 is 0.917 bits per heavy atom. The zero-order valence-corrected chi connectivity index (χ0v) is 22.1. The predicted molar refractivity (Wildman–Crippen MR) is 150 cm³/mol. The molecule has 1 atom stereocenters. The van der Waals surface area contributed by atoms with Crippen LogP contribution in [0, 0.1) is 20.8 Å². The Morgan fingerprint density at radius 3 is 2.31 bits per heavy atom. The van der Waals surface area contributed by atoms with Gasteiger partial charge in [-0.1, -0.05) is 72.2 Å². The van der Waals surface area contributed by atoms with E-state index in [0.717, 1.165) is 34.5 Å². The molecule has 0 saturated heterocycles. The number of rotatable bonds is 5. The number of benzene rings is 3. The van der Waals surface area contributed by atoms with Crippen LogP contribution in [-0.4, -0.2) is 15.3 Å². The lowest BCUT2D eigenvalue weighted by atomic mass is 9.93. The molecular formula is C30H30N4OS. The van der Waals surface area contributed by atoms with Gasteiger partial charge in [0.25, 0.3) is 5.89 Å². The van der Waals surface area contributed by atoms with E-state index in [1.165, 1.54) is 22.3 Å². The third-order valence-electron chi connectivity index (χ3n) is 6.92. The van der Waals surface area contributed by atoms with E-state index in [1.807, 2.05) is 12.1 Å². The fourth-order valence-electron chi connectivity index (χ4n) is 4.54. The van der Waals surface area contributed by atoms with Crippen molar-refractivity contribution >= 4 is 28.6 Å². The van der Waals surface area contributed by atoms with Crippen LogP contribution in [0.3, 0.4) is 0 Å². The van der Waals surface area contributed by atoms with Gasteiger partial charge in [0.1, 0.15) is 0 Å². The molecule has 0 fully saturated rings. The molecule has 5 rings (SSSR count). The van der Waals surface area contributed by atoms with Gasteiger partial charge in [0.15, 0.2) is 5.11 Å². The summed E-state index contributed by atoms with van der Waals surface area (Å²) >= 11 is 5.90. The highest BCUT2D eigenvalue weighted by Crippen LogP contribution is 2.39. The van der Waals surface area contributed by atoms with Gasteiger partial charge in [-0.3, -0.25) is 4.90 Å². The molecule has 3 aromatic carbocycles. The summed E-state index contributed by atoms with van der Waals surface area (Å²) < 4.78 is 5.89. The summed E-state index contributed by atoms with van der Waals surface area (Å²) in [5, 5.41) is 8.53. The van der Waals surface area contributed by atoms with Gasteiger partial charge >= 0.3 is 0 Å².